The fourth-order valence-electron chi connectivity index (χ4n) is 3.86. The molecule has 2 aromatic heterocycles. The SMILES string of the molecule is COC(=O)c1c(CC(=O)Nc2cc(-c3ccccc3)nn2-c2ccccc2)[nH]c(C(C)=O)c1C. The zero-order valence-electron chi connectivity index (χ0n) is 19.1. The molecule has 0 aliphatic rings. The molecule has 0 saturated heterocycles. The van der Waals surface area contributed by atoms with Crippen LogP contribution in [0.5, 0.6) is 0 Å². The van der Waals surface area contributed by atoms with Gasteiger partial charge < -0.3 is 15.0 Å². The fraction of sp³-hybridized carbons (Fsp3) is 0.154. The van der Waals surface area contributed by atoms with Gasteiger partial charge in [0.2, 0.25) is 5.91 Å². The Morgan fingerprint density at radius 1 is 1.03 bits per heavy atom. The van der Waals surface area contributed by atoms with Crippen LogP contribution in [0.25, 0.3) is 16.9 Å². The Morgan fingerprint density at radius 3 is 2.29 bits per heavy atom. The van der Waals surface area contributed by atoms with Gasteiger partial charge in [-0.3, -0.25) is 9.59 Å². The predicted molar refractivity (Wildman–Crippen MR) is 128 cm³/mol. The van der Waals surface area contributed by atoms with Crippen LogP contribution in [0, 0.1) is 6.92 Å². The van der Waals surface area contributed by atoms with Crippen LogP contribution in [0.3, 0.4) is 0 Å². The Morgan fingerprint density at radius 2 is 1.68 bits per heavy atom. The van der Waals surface area contributed by atoms with E-state index >= 15 is 0 Å². The molecule has 0 fully saturated rings. The summed E-state index contributed by atoms with van der Waals surface area (Å²) in [6.07, 6.45) is -0.154. The maximum Gasteiger partial charge on any atom is 0.339 e. The summed E-state index contributed by atoms with van der Waals surface area (Å²) in [4.78, 5) is 40.3. The molecule has 2 aromatic carbocycles. The lowest BCUT2D eigenvalue weighted by atomic mass is 10.1. The highest BCUT2D eigenvalue weighted by Gasteiger charge is 2.25. The van der Waals surface area contributed by atoms with Gasteiger partial charge in [0.15, 0.2) is 5.78 Å². The largest absolute Gasteiger partial charge is 0.465 e. The number of H-pyrrole nitrogens is 1. The van der Waals surface area contributed by atoms with E-state index in [-0.39, 0.29) is 29.4 Å². The number of esters is 1. The second kappa shape index (κ2) is 9.58. The van der Waals surface area contributed by atoms with Gasteiger partial charge in [0.25, 0.3) is 0 Å². The number of amides is 1. The zero-order valence-corrected chi connectivity index (χ0v) is 19.1. The summed E-state index contributed by atoms with van der Waals surface area (Å²) in [6, 6.07) is 20.9. The number of carbonyl (C=O) groups excluding carboxylic acids is 3. The van der Waals surface area contributed by atoms with Gasteiger partial charge in [-0.2, -0.15) is 5.10 Å². The summed E-state index contributed by atoms with van der Waals surface area (Å²) in [5.74, 6) is -0.739. The minimum Gasteiger partial charge on any atom is -0.465 e. The van der Waals surface area contributed by atoms with Crippen LogP contribution in [0.2, 0.25) is 0 Å². The van der Waals surface area contributed by atoms with E-state index in [1.165, 1.54) is 14.0 Å². The minimum absolute atomic E-state index is 0.154. The van der Waals surface area contributed by atoms with Crippen molar-refractivity contribution in [1.29, 1.82) is 0 Å². The Bertz CT molecular complexity index is 1350. The second-order valence-electron chi connectivity index (χ2n) is 7.78. The number of aromatic amines is 1. The third kappa shape index (κ3) is 4.52. The summed E-state index contributed by atoms with van der Waals surface area (Å²) in [7, 11) is 1.26. The molecule has 0 radical (unpaired) electrons. The molecule has 4 aromatic rings. The summed E-state index contributed by atoms with van der Waals surface area (Å²) in [6.45, 7) is 3.05. The van der Waals surface area contributed by atoms with Crippen molar-refractivity contribution in [3.63, 3.8) is 0 Å². The number of aromatic nitrogens is 3. The number of carbonyl (C=O) groups is 3. The van der Waals surface area contributed by atoms with Gasteiger partial charge in [-0.25, -0.2) is 9.48 Å². The Balaban J connectivity index is 1.67. The highest BCUT2D eigenvalue weighted by Crippen LogP contribution is 2.26. The highest BCUT2D eigenvalue weighted by atomic mass is 16.5. The van der Waals surface area contributed by atoms with Crippen molar-refractivity contribution < 1.29 is 19.1 Å². The summed E-state index contributed by atoms with van der Waals surface area (Å²) in [5, 5.41) is 7.58. The van der Waals surface area contributed by atoms with Crippen LogP contribution in [-0.2, 0) is 16.0 Å². The van der Waals surface area contributed by atoms with Crippen LogP contribution >= 0.6 is 0 Å². The van der Waals surface area contributed by atoms with Crippen molar-refractivity contribution in [2.24, 2.45) is 0 Å². The molecular formula is C26H24N4O4. The van der Waals surface area contributed by atoms with Crippen molar-refractivity contribution >= 4 is 23.5 Å². The molecule has 2 heterocycles. The van der Waals surface area contributed by atoms with Crippen LogP contribution in [0.15, 0.2) is 66.7 Å². The van der Waals surface area contributed by atoms with Gasteiger partial charge in [-0.1, -0.05) is 48.5 Å². The third-order valence-electron chi connectivity index (χ3n) is 5.45. The molecule has 34 heavy (non-hydrogen) atoms. The number of methoxy groups -OCH3 is 1. The van der Waals surface area contributed by atoms with Gasteiger partial charge in [0, 0.05) is 24.2 Å². The highest BCUT2D eigenvalue weighted by molar-refractivity contribution is 6.02. The molecular weight excluding hydrogens is 432 g/mol. The molecule has 172 valence electrons. The van der Waals surface area contributed by atoms with Crippen LogP contribution < -0.4 is 5.32 Å². The maximum atomic E-state index is 13.1. The molecule has 0 aliphatic heterocycles. The fourth-order valence-corrected chi connectivity index (χ4v) is 3.86. The number of hydrogen-bond donors (Lipinski definition) is 2. The topological polar surface area (TPSA) is 106 Å². The lowest BCUT2D eigenvalue weighted by Crippen LogP contribution is -2.19. The molecule has 0 bridgehead atoms. The zero-order chi connectivity index (χ0) is 24.2. The van der Waals surface area contributed by atoms with E-state index in [0.29, 0.717) is 22.8 Å². The van der Waals surface area contributed by atoms with Crippen LogP contribution in [0.1, 0.15) is 39.0 Å². The number of benzene rings is 2. The van der Waals surface area contributed by atoms with Crippen molar-refractivity contribution in [1.82, 2.24) is 14.8 Å². The van der Waals surface area contributed by atoms with Crippen molar-refractivity contribution in [2.45, 2.75) is 20.3 Å². The summed E-state index contributed by atoms with van der Waals surface area (Å²) in [5.41, 5.74) is 3.65. The number of ketones is 1. The average Bonchev–Trinajstić information content (AvgIpc) is 3.40. The van der Waals surface area contributed by atoms with Gasteiger partial charge in [-0.15, -0.1) is 0 Å². The predicted octanol–water partition coefficient (Wildman–Crippen LogP) is 4.35. The van der Waals surface area contributed by atoms with Crippen molar-refractivity contribution in [3.8, 4) is 16.9 Å². The number of nitrogens with one attached hydrogen (secondary N) is 2. The maximum absolute atomic E-state index is 13.1. The van der Waals surface area contributed by atoms with Crippen molar-refractivity contribution in [3.05, 3.63) is 89.2 Å². The molecule has 2 N–H and O–H groups in total. The van der Waals surface area contributed by atoms with E-state index < -0.39 is 5.97 Å². The molecule has 8 nitrogen and oxygen atoms in total. The molecule has 8 heteroatoms. The first-order chi connectivity index (χ1) is 16.4. The smallest absolute Gasteiger partial charge is 0.339 e. The van der Waals surface area contributed by atoms with Crippen LogP contribution in [0.4, 0.5) is 5.82 Å². The molecule has 0 unspecified atom stereocenters. The first kappa shape index (κ1) is 22.7. The van der Waals surface area contributed by atoms with Gasteiger partial charge in [0.05, 0.1) is 36.2 Å². The minimum atomic E-state index is -0.607. The third-order valence-corrected chi connectivity index (χ3v) is 5.45. The van der Waals surface area contributed by atoms with Gasteiger partial charge in [0.1, 0.15) is 5.82 Å². The number of nitrogens with zero attached hydrogens (tertiary/aromatic N) is 2. The number of hydrogen-bond acceptors (Lipinski definition) is 5. The molecule has 0 atom stereocenters. The quantitative estimate of drug-likeness (QED) is 0.318. The first-order valence-corrected chi connectivity index (χ1v) is 10.7. The van der Waals surface area contributed by atoms with E-state index in [1.807, 2.05) is 60.7 Å². The number of rotatable bonds is 7. The average molecular weight is 457 g/mol. The van der Waals surface area contributed by atoms with E-state index in [4.69, 9.17) is 4.74 Å². The summed E-state index contributed by atoms with van der Waals surface area (Å²) >= 11 is 0. The van der Waals surface area contributed by atoms with Gasteiger partial charge >= 0.3 is 5.97 Å². The lowest BCUT2D eigenvalue weighted by Gasteiger charge is -2.09. The molecule has 0 spiro atoms. The number of anilines is 1. The summed E-state index contributed by atoms with van der Waals surface area (Å²) < 4.78 is 6.52. The molecule has 4 rings (SSSR count). The Labute approximate surface area is 196 Å². The normalized spacial score (nSPS) is 10.7. The molecule has 0 saturated carbocycles. The van der Waals surface area contributed by atoms with E-state index in [9.17, 15) is 14.4 Å². The number of ether oxygens (including phenoxy) is 1. The Hall–Kier alpha value is -4.46. The number of Topliss-reactive ketones (excluding diaryl/α,β-unsaturated/α-hetero) is 1. The first-order valence-electron chi connectivity index (χ1n) is 10.7. The monoisotopic (exact) mass is 456 g/mol. The van der Waals surface area contributed by atoms with E-state index in [1.54, 1.807) is 17.7 Å². The number of para-hydroxylation sites is 1. The van der Waals surface area contributed by atoms with Crippen molar-refractivity contribution in [2.75, 3.05) is 12.4 Å². The van der Waals surface area contributed by atoms with E-state index in [0.717, 1.165) is 11.3 Å². The molecule has 1 amide bonds. The Kier molecular flexibility index (Phi) is 6.40. The lowest BCUT2D eigenvalue weighted by molar-refractivity contribution is -0.115. The van der Waals surface area contributed by atoms with Gasteiger partial charge in [-0.05, 0) is 24.6 Å². The second-order valence-corrected chi connectivity index (χ2v) is 7.78. The molecule has 0 aliphatic carbocycles. The standard InChI is InChI=1S/C26H24N4O4/c1-16-24(26(33)34-3)21(27-25(16)17(2)31)15-23(32)28-22-14-20(18-10-6-4-7-11-18)29-30(22)19-12-8-5-9-13-19/h4-14,27H,15H2,1-3H3,(H,28,32). The van der Waals surface area contributed by atoms with Crippen LogP contribution in [-0.4, -0.2) is 39.5 Å². The van der Waals surface area contributed by atoms with E-state index in [2.05, 4.69) is 15.4 Å².